The fourth-order valence-corrected chi connectivity index (χ4v) is 4.08. The number of carbonyl (C=O) groups is 4. The summed E-state index contributed by atoms with van der Waals surface area (Å²) in [5.74, 6) is -2.45. The van der Waals surface area contributed by atoms with Gasteiger partial charge in [0.05, 0.1) is 16.8 Å². The van der Waals surface area contributed by atoms with Crippen LogP contribution in [-0.2, 0) is 14.3 Å². The van der Waals surface area contributed by atoms with Crippen molar-refractivity contribution in [2.24, 2.45) is 5.92 Å². The van der Waals surface area contributed by atoms with Crippen LogP contribution in [-0.4, -0.2) is 61.0 Å². The van der Waals surface area contributed by atoms with E-state index < -0.39 is 42.3 Å². The zero-order chi connectivity index (χ0) is 26.1. The maximum atomic E-state index is 13.0. The molecule has 0 saturated carbocycles. The van der Waals surface area contributed by atoms with Crippen LogP contribution in [0, 0.1) is 26.7 Å². The third-order valence-electron chi connectivity index (χ3n) is 5.58. The topological polar surface area (TPSA) is 136 Å². The molecule has 0 bridgehead atoms. The summed E-state index contributed by atoms with van der Waals surface area (Å²) in [4.78, 5) is 60.9. The molecule has 3 amide bonds. The van der Waals surface area contributed by atoms with E-state index in [2.05, 4.69) is 20.4 Å². The van der Waals surface area contributed by atoms with Gasteiger partial charge in [-0.25, -0.2) is 14.8 Å². The van der Waals surface area contributed by atoms with E-state index in [1.807, 2.05) is 19.9 Å². The van der Waals surface area contributed by atoms with E-state index in [1.165, 1.54) is 16.8 Å². The molecule has 0 fully saturated rings. The second-order valence-electron chi connectivity index (χ2n) is 8.90. The average Bonchev–Trinajstić information content (AvgIpc) is 3.29. The lowest BCUT2D eigenvalue weighted by Crippen LogP contribution is -2.49. The van der Waals surface area contributed by atoms with Crippen molar-refractivity contribution in [2.45, 2.75) is 40.7 Å². The number of carbonyl (C=O) groups excluding carboxylic acids is 4. The number of nitrogens with one attached hydrogen (secondary N) is 1. The quantitative estimate of drug-likeness (QED) is 0.394. The van der Waals surface area contributed by atoms with Crippen LogP contribution < -0.4 is 5.32 Å². The molecular weight excluding hydrogens is 464 g/mol. The fourth-order valence-electron chi connectivity index (χ4n) is 4.08. The van der Waals surface area contributed by atoms with Crippen molar-refractivity contribution >= 4 is 29.5 Å². The van der Waals surface area contributed by atoms with Crippen LogP contribution in [0.5, 0.6) is 0 Å². The first-order valence-electron chi connectivity index (χ1n) is 11.4. The Morgan fingerprint density at radius 1 is 0.944 bits per heavy atom. The summed E-state index contributed by atoms with van der Waals surface area (Å²) in [6.45, 7) is 8.17. The van der Waals surface area contributed by atoms with Gasteiger partial charge in [-0.1, -0.05) is 26.0 Å². The predicted octanol–water partition coefficient (Wildman–Crippen LogP) is 2.39. The first kappa shape index (κ1) is 24.7. The van der Waals surface area contributed by atoms with Gasteiger partial charge >= 0.3 is 5.97 Å². The number of imide groups is 1. The SMILES string of the molecule is Cc1cc(C)nc(-n2nc(C)cc2NC(=O)COC(=O)C(C(C)C)N2C(=O)c3ccccc3C2=O)n1. The Morgan fingerprint density at radius 3 is 2.08 bits per heavy atom. The molecule has 1 aromatic carbocycles. The largest absolute Gasteiger partial charge is 0.454 e. The molecule has 0 aliphatic carbocycles. The van der Waals surface area contributed by atoms with E-state index in [0.29, 0.717) is 17.5 Å². The monoisotopic (exact) mass is 490 g/mol. The molecule has 1 aliphatic heterocycles. The first-order chi connectivity index (χ1) is 17.1. The van der Waals surface area contributed by atoms with Crippen molar-refractivity contribution in [3.63, 3.8) is 0 Å². The standard InChI is InChI=1S/C25H26N6O5/c1-13(2)21(30-22(33)17-8-6-7-9-18(17)23(30)34)24(35)36-12-20(32)28-19-11-16(5)29-31(19)25-26-14(3)10-15(4)27-25/h6-11,13,21H,12H2,1-5H3,(H,28,32). The third kappa shape index (κ3) is 4.72. The van der Waals surface area contributed by atoms with Crippen LogP contribution in [0.15, 0.2) is 36.4 Å². The molecule has 1 atom stereocenters. The zero-order valence-corrected chi connectivity index (χ0v) is 20.6. The zero-order valence-electron chi connectivity index (χ0n) is 20.6. The summed E-state index contributed by atoms with van der Waals surface area (Å²) < 4.78 is 6.63. The number of rotatable bonds is 7. The summed E-state index contributed by atoms with van der Waals surface area (Å²) >= 11 is 0. The Labute approximate surface area is 207 Å². The van der Waals surface area contributed by atoms with Crippen LogP contribution in [0.25, 0.3) is 5.95 Å². The number of hydrogen-bond acceptors (Lipinski definition) is 8. The molecule has 3 heterocycles. The molecule has 3 aromatic rings. The Hall–Kier alpha value is -4.41. The van der Waals surface area contributed by atoms with Crippen LogP contribution in [0.4, 0.5) is 5.82 Å². The minimum absolute atomic E-state index is 0.232. The molecular formula is C25H26N6O5. The smallest absolute Gasteiger partial charge is 0.330 e. The second-order valence-corrected chi connectivity index (χ2v) is 8.90. The number of benzene rings is 1. The van der Waals surface area contributed by atoms with Crippen molar-refractivity contribution < 1.29 is 23.9 Å². The summed E-state index contributed by atoms with van der Waals surface area (Å²) in [6, 6.07) is 8.65. The first-order valence-corrected chi connectivity index (χ1v) is 11.4. The van der Waals surface area contributed by atoms with Crippen LogP contribution >= 0.6 is 0 Å². The van der Waals surface area contributed by atoms with Crippen molar-refractivity contribution in [3.05, 3.63) is 64.6 Å². The molecule has 36 heavy (non-hydrogen) atoms. The van der Waals surface area contributed by atoms with Gasteiger partial charge in [-0.3, -0.25) is 19.3 Å². The highest BCUT2D eigenvalue weighted by molar-refractivity contribution is 6.22. The van der Waals surface area contributed by atoms with Crippen LogP contribution in [0.3, 0.4) is 0 Å². The van der Waals surface area contributed by atoms with E-state index in [9.17, 15) is 19.2 Å². The minimum Gasteiger partial charge on any atom is -0.454 e. The molecule has 186 valence electrons. The lowest BCUT2D eigenvalue weighted by Gasteiger charge is -2.27. The molecule has 0 radical (unpaired) electrons. The van der Waals surface area contributed by atoms with E-state index in [1.54, 1.807) is 39.0 Å². The molecule has 1 aliphatic rings. The van der Waals surface area contributed by atoms with Crippen molar-refractivity contribution in [1.29, 1.82) is 0 Å². The van der Waals surface area contributed by atoms with Gasteiger partial charge in [0.25, 0.3) is 23.7 Å². The second kappa shape index (κ2) is 9.68. The number of aryl methyl sites for hydroxylation is 3. The lowest BCUT2D eigenvalue weighted by molar-refractivity contribution is -0.152. The summed E-state index contributed by atoms with van der Waals surface area (Å²) in [5.41, 5.74) is 2.57. The summed E-state index contributed by atoms with van der Waals surface area (Å²) in [6.07, 6.45) is 0. The number of esters is 1. The molecule has 4 rings (SSSR count). The van der Waals surface area contributed by atoms with Gasteiger partial charge in [-0.15, -0.1) is 0 Å². The minimum atomic E-state index is -1.18. The van der Waals surface area contributed by atoms with Crippen molar-refractivity contribution in [1.82, 2.24) is 24.6 Å². The summed E-state index contributed by atoms with van der Waals surface area (Å²) in [7, 11) is 0. The highest BCUT2D eigenvalue weighted by Gasteiger charge is 2.44. The van der Waals surface area contributed by atoms with Crippen molar-refractivity contribution in [2.75, 3.05) is 11.9 Å². The Bertz CT molecular complexity index is 1320. The number of hydrogen-bond donors (Lipinski definition) is 1. The van der Waals surface area contributed by atoms with Gasteiger partial charge in [0.15, 0.2) is 6.61 Å². The molecule has 0 spiro atoms. The number of anilines is 1. The number of nitrogens with zero attached hydrogens (tertiary/aromatic N) is 5. The molecule has 11 heteroatoms. The van der Waals surface area contributed by atoms with Crippen LogP contribution in [0.2, 0.25) is 0 Å². The van der Waals surface area contributed by atoms with Gasteiger partial charge in [0.2, 0.25) is 0 Å². The van der Waals surface area contributed by atoms with Gasteiger partial charge in [0, 0.05) is 17.5 Å². The Balaban J connectivity index is 1.46. The third-order valence-corrected chi connectivity index (χ3v) is 5.58. The lowest BCUT2D eigenvalue weighted by atomic mass is 10.0. The Morgan fingerprint density at radius 2 is 1.53 bits per heavy atom. The number of fused-ring (bicyclic) bond motifs is 1. The Kier molecular flexibility index (Phi) is 6.65. The normalized spacial score (nSPS) is 13.7. The molecule has 1 unspecified atom stereocenters. The molecule has 2 aromatic heterocycles. The number of amides is 3. The van der Waals surface area contributed by atoms with Gasteiger partial charge < -0.3 is 10.1 Å². The highest BCUT2D eigenvalue weighted by Crippen LogP contribution is 2.27. The maximum Gasteiger partial charge on any atom is 0.330 e. The van der Waals surface area contributed by atoms with Crippen LogP contribution in [0.1, 0.15) is 51.6 Å². The fraction of sp³-hybridized carbons (Fsp3) is 0.320. The average molecular weight is 491 g/mol. The van der Waals surface area contributed by atoms with Gasteiger partial charge in [-0.05, 0) is 44.9 Å². The molecule has 0 saturated heterocycles. The van der Waals surface area contributed by atoms with E-state index in [-0.39, 0.29) is 11.1 Å². The van der Waals surface area contributed by atoms with E-state index in [4.69, 9.17) is 4.74 Å². The van der Waals surface area contributed by atoms with Crippen molar-refractivity contribution in [3.8, 4) is 5.95 Å². The van der Waals surface area contributed by atoms with E-state index in [0.717, 1.165) is 16.3 Å². The maximum absolute atomic E-state index is 13.0. The number of aromatic nitrogens is 4. The van der Waals surface area contributed by atoms with E-state index >= 15 is 0 Å². The predicted molar refractivity (Wildman–Crippen MR) is 129 cm³/mol. The summed E-state index contributed by atoms with van der Waals surface area (Å²) in [5, 5.41) is 6.99. The molecule has 1 N–H and O–H groups in total. The molecule has 11 nitrogen and oxygen atoms in total. The van der Waals surface area contributed by atoms with Gasteiger partial charge in [-0.2, -0.15) is 9.78 Å². The number of ether oxygens (including phenoxy) is 1. The van der Waals surface area contributed by atoms with Gasteiger partial charge in [0.1, 0.15) is 11.9 Å². The highest BCUT2D eigenvalue weighted by atomic mass is 16.5.